The average Bonchev–Trinajstić information content (AvgIpc) is 2.90. The number of piperidine rings is 1. The molecule has 1 saturated heterocycles. The molecule has 0 bridgehead atoms. The highest BCUT2D eigenvalue weighted by Crippen LogP contribution is 2.31. The van der Waals surface area contributed by atoms with Crippen molar-refractivity contribution in [3.8, 4) is 5.75 Å². The number of nitrogens with zero attached hydrogens (tertiary/aromatic N) is 1. The molecule has 1 heterocycles. The first-order valence-corrected chi connectivity index (χ1v) is 12.2. The van der Waals surface area contributed by atoms with Crippen LogP contribution >= 0.6 is 0 Å². The number of benzene rings is 2. The average molecular weight is 514 g/mol. The Morgan fingerprint density at radius 2 is 1.46 bits per heavy atom. The van der Waals surface area contributed by atoms with Crippen LogP contribution in [-0.2, 0) is 19.1 Å². The number of carboxylic acids is 3. The lowest BCUT2D eigenvalue weighted by Gasteiger charge is -2.34. The summed E-state index contributed by atoms with van der Waals surface area (Å²) in [6.45, 7) is 2.98. The normalized spacial score (nSPS) is 14.9. The molecule has 1 fully saturated rings. The van der Waals surface area contributed by atoms with Crippen molar-refractivity contribution in [3.63, 3.8) is 0 Å². The number of methoxy groups -OCH3 is 1. The SMILES string of the molecule is COc1ccc(C(OC2CCN(CCCCC(=O)O)CC2)c2ccccc2)cc1.O=C(O)C=CC(=O)O. The third-order valence-electron chi connectivity index (χ3n) is 5.87. The third-order valence-corrected chi connectivity index (χ3v) is 5.87. The van der Waals surface area contributed by atoms with E-state index in [1.165, 1.54) is 0 Å². The molecule has 3 rings (SSSR count). The van der Waals surface area contributed by atoms with Gasteiger partial charge in [0.2, 0.25) is 0 Å². The predicted molar refractivity (Wildman–Crippen MR) is 138 cm³/mol. The van der Waals surface area contributed by atoms with E-state index in [2.05, 4.69) is 41.3 Å². The number of hydrogen-bond donors (Lipinski definition) is 3. The third kappa shape index (κ3) is 11.7. The van der Waals surface area contributed by atoms with Gasteiger partial charge in [0.1, 0.15) is 11.9 Å². The van der Waals surface area contributed by atoms with E-state index in [4.69, 9.17) is 24.8 Å². The largest absolute Gasteiger partial charge is 0.497 e. The zero-order valence-corrected chi connectivity index (χ0v) is 21.0. The Balaban J connectivity index is 0.000000521. The molecule has 37 heavy (non-hydrogen) atoms. The minimum Gasteiger partial charge on any atom is -0.497 e. The molecule has 0 amide bonds. The van der Waals surface area contributed by atoms with Gasteiger partial charge in [0.05, 0.1) is 13.2 Å². The summed E-state index contributed by atoms with van der Waals surface area (Å²) in [6.07, 6.45) is 5.20. The molecule has 0 saturated carbocycles. The van der Waals surface area contributed by atoms with Crippen molar-refractivity contribution in [2.75, 3.05) is 26.7 Å². The summed E-state index contributed by atoms with van der Waals surface area (Å²) >= 11 is 0. The second kappa shape index (κ2) is 16.1. The summed E-state index contributed by atoms with van der Waals surface area (Å²) < 4.78 is 11.9. The lowest BCUT2D eigenvalue weighted by atomic mass is 10.00. The van der Waals surface area contributed by atoms with Crippen LogP contribution in [0.2, 0.25) is 0 Å². The van der Waals surface area contributed by atoms with E-state index in [-0.39, 0.29) is 18.6 Å². The first-order chi connectivity index (χ1) is 17.8. The van der Waals surface area contributed by atoms with Crippen LogP contribution in [0.4, 0.5) is 0 Å². The van der Waals surface area contributed by atoms with Crippen LogP contribution in [0.5, 0.6) is 5.75 Å². The second-order valence-corrected chi connectivity index (χ2v) is 8.60. The van der Waals surface area contributed by atoms with Crippen molar-refractivity contribution in [2.24, 2.45) is 0 Å². The molecular formula is C28H35NO8. The molecule has 1 unspecified atom stereocenters. The van der Waals surface area contributed by atoms with Gasteiger partial charge in [0, 0.05) is 31.7 Å². The number of rotatable bonds is 12. The van der Waals surface area contributed by atoms with E-state index < -0.39 is 17.9 Å². The summed E-state index contributed by atoms with van der Waals surface area (Å²) in [6, 6.07) is 18.5. The quantitative estimate of drug-likeness (QED) is 0.281. The van der Waals surface area contributed by atoms with Crippen LogP contribution < -0.4 is 4.74 Å². The number of unbranched alkanes of at least 4 members (excludes halogenated alkanes) is 1. The lowest BCUT2D eigenvalue weighted by Crippen LogP contribution is -2.38. The molecule has 0 aliphatic carbocycles. The van der Waals surface area contributed by atoms with E-state index in [9.17, 15) is 14.4 Å². The molecule has 200 valence electrons. The molecule has 0 spiro atoms. The molecule has 2 aromatic rings. The lowest BCUT2D eigenvalue weighted by molar-refractivity contribution is -0.137. The first kappa shape index (κ1) is 29.5. The molecule has 3 N–H and O–H groups in total. The highest BCUT2D eigenvalue weighted by atomic mass is 16.5. The van der Waals surface area contributed by atoms with Crippen LogP contribution in [-0.4, -0.2) is 71.0 Å². The van der Waals surface area contributed by atoms with Gasteiger partial charge in [-0.25, -0.2) is 9.59 Å². The highest BCUT2D eigenvalue weighted by Gasteiger charge is 2.24. The number of likely N-dealkylation sites (tertiary alicyclic amines) is 1. The van der Waals surface area contributed by atoms with Crippen LogP contribution in [0.1, 0.15) is 49.3 Å². The number of ether oxygens (including phenoxy) is 2. The van der Waals surface area contributed by atoms with E-state index in [0.29, 0.717) is 12.2 Å². The van der Waals surface area contributed by atoms with Crippen LogP contribution in [0.3, 0.4) is 0 Å². The molecule has 9 heteroatoms. The predicted octanol–water partition coefficient (Wildman–Crippen LogP) is 4.23. The van der Waals surface area contributed by atoms with Gasteiger partial charge in [-0.3, -0.25) is 4.79 Å². The van der Waals surface area contributed by atoms with Gasteiger partial charge >= 0.3 is 17.9 Å². The van der Waals surface area contributed by atoms with Crippen LogP contribution in [0, 0.1) is 0 Å². The molecule has 0 radical (unpaired) electrons. The van der Waals surface area contributed by atoms with Gasteiger partial charge < -0.3 is 29.7 Å². The van der Waals surface area contributed by atoms with E-state index in [1.807, 2.05) is 18.2 Å². The Labute approximate surface area is 216 Å². The maximum atomic E-state index is 10.6. The molecule has 2 aromatic carbocycles. The maximum absolute atomic E-state index is 10.6. The zero-order chi connectivity index (χ0) is 27.0. The Morgan fingerprint density at radius 1 is 0.892 bits per heavy atom. The Morgan fingerprint density at radius 3 is 1.97 bits per heavy atom. The zero-order valence-electron chi connectivity index (χ0n) is 21.0. The molecule has 1 atom stereocenters. The summed E-state index contributed by atoms with van der Waals surface area (Å²) in [5.41, 5.74) is 2.29. The van der Waals surface area contributed by atoms with Crippen LogP contribution in [0.15, 0.2) is 66.7 Å². The number of hydrogen-bond acceptors (Lipinski definition) is 6. The summed E-state index contributed by atoms with van der Waals surface area (Å²) in [4.78, 5) is 32.2. The fraction of sp³-hybridized carbons (Fsp3) is 0.393. The molecular weight excluding hydrogens is 478 g/mol. The summed E-state index contributed by atoms with van der Waals surface area (Å²) in [5.74, 6) is -2.38. The molecule has 1 aliphatic heterocycles. The van der Waals surface area contributed by atoms with Crippen molar-refractivity contribution in [1.82, 2.24) is 4.90 Å². The highest BCUT2D eigenvalue weighted by molar-refractivity contribution is 5.89. The van der Waals surface area contributed by atoms with E-state index in [0.717, 1.165) is 62.2 Å². The van der Waals surface area contributed by atoms with Gasteiger partial charge in [-0.05, 0) is 55.5 Å². The van der Waals surface area contributed by atoms with Gasteiger partial charge in [0.25, 0.3) is 0 Å². The Bertz CT molecular complexity index is 983. The summed E-state index contributed by atoms with van der Waals surface area (Å²) in [7, 11) is 1.68. The van der Waals surface area contributed by atoms with Crippen molar-refractivity contribution in [2.45, 2.75) is 44.3 Å². The van der Waals surface area contributed by atoms with Crippen molar-refractivity contribution in [3.05, 3.63) is 77.9 Å². The van der Waals surface area contributed by atoms with Gasteiger partial charge in [-0.1, -0.05) is 42.5 Å². The number of aliphatic carboxylic acids is 3. The summed E-state index contributed by atoms with van der Waals surface area (Å²) in [5, 5.41) is 24.4. The number of carboxylic acid groups (broad SMARTS) is 3. The standard InChI is InChI=1S/C24H31NO4.C4H4O4/c1-28-21-12-10-20(11-13-21)24(19-7-3-2-4-8-19)29-22-14-17-25(18-15-22)16-6-5-9-23(26)27;5-3(6)1-2-4(7)8/h2-4,7-8,10-13,22,24H,5-6,9,14-18H2,1H3,(H,26,27);1-2H,(H,5,6)(H,7,8). The van der Waals surface area contributed by atoms with Gasteiger partial charge in [-0.2, -0.15) is 0 Å². The first-order valence-electron chi connectivity index (χ1n) is 12.2. The molecule has 0 aromatic heterocycles. The minimum atomic E-state index is -1.26. The van der Waals surface area contributed by atoms with Crippen molar-refractivity contribution < 1.29 is 39.2 Å². The van der Waals surface area contributed by atoms with Crippen molar-refractivity contribution in [1.29, 1.82) is 0 Å². The van der Waals surface area contributed by atoms with Gasteiger partial charge in [0.15, 0.2) is 0 Å². The van der Waals surface area contributed by atoms with E-state index >= 15 is 0 Å². The molecule has 9 nitrogen and oxygen atoms in total. The topological polar surface area (TPSA) is 134 Å². The second-order valence-electron chi connectivity index (χ2n) is 8.60. The van der Waals surface area contributed by atoms with Crippen molar-refractivity contribution >= 4 is 17.9 Å². The van der Waals surface area contributed by atoms with Crippen LogP contribution in [0.25, 0.3) is 0 Å². The van der Waals surface area contributed by atoms with Gasteiger partial charge in [-0.15, -0.1) is 0 Å². The fourth-order valence-corrected chi connectivity index (χ4v) is 3.97. The maximum Gasteiger partial charge on any atom is 0.328 e. The van der Waals surface area contributed by atoms with E-state index in [1.54, 1.807) is 7.11 Å². The monoisotopic (exact) mass is 513 g/mol. The molecule has 1 aliphatic rings. The number of carbonyl (C=O) groups is 3. The Hall–Kier alpha value is -3.69. The minimum absolute atomic E-state index is 0.0887. The fourth-order valence-electron chi connectivity index (χ4n) is 3.97. The smallest absolute Gasteiger partial charge is 0.328 e. The Kier molecular flexibility index (Phi) is 12.9.